The van der Waals surface area contributed by atoms with Crippen LogP contribution in [0.1, 0.15) is 33.1 Å². The van der Waals surface area contributed by atoms with E-state index in [0.29, 0.717) is 6.54 Å². The lowest BCUT2D eigenvalue weighted by atomic mass is 9.85. The summed E-state index contributed by atoms with van der Waals surface area (Å²) in [5.41, 5.74) is 0. The summed E-state index contributed by atoms with van der Waals surface area (Å²) in [6, 6.07) is 0. The summed E-state index contributed by atoms with van der Waals surface area (Å²) in [6.45, 7) is 10.7. The molecule has 3 rings (SSSR count). The minimum absolute atomic E-state index is 0.189. The van der Waals surface area contributed by atoms with Gasteiger partial charge >= 0.3 is 0 Å². The van der Waals surface area contributed by atoms with E-state index in [1.54, 1.807) is 0 Å². The lowest BCUT2D eigenvalue weighted by Crippen LogP contribution is -2.50. The zero-order valence-corrected chi connectivity index (χ0v) is 14.6. The molecule has 3 aliphatic rings. The fraction of sp³-hybridized carbons (Fsp3) is 0.875. The molecular weight excluding hydrogens is 296 g/mol. The van der Waals surface area contributed by atoms with E-state index >= 15 is 0 Å². The molecule has 22 heavy (non-hydrogen) atoms. The van der Waals surface area contributed by atoms with Crippen LogP contribution in [0.4, 0.5) is 0 Å². The van der Waals surface area contributed by atoms with Crippen LogP contribution in [0.15, 0.2) is 4.99 Å². The highest BCUT2D eigenvalue weighted by Crippen LogP contribution is 2.33. The van der Waals surface area contributed by atoms with Crippen molar-refractivity contribution in [2.75, 3.05) is 45.8 Å². The Morgan fingerprint density at radius 3 is 2.59 bits per heavy atom. The second-order valence-electron chi connectivity index (χ2n) is 7.32. The van der Waals surface area contributed by atoms with Crippen molar-refractivity contribution < 1.29 is 4.79 Å². The maximum Gasteiger partial charge on any atom is 0.234 e. The van der Waals surface area contributed by atoms with Gasteiger partial charge < -0.3 is 10.2 Å². The molecular formula is C16H28N4OS. The number of piperazine rings is 1. The molecule has 0 aromatic carbocycles. The molecule has 0 aromatic heterocycles. The highest BCUT2D eigenvalue weighted by molar-refractivity contribution is 8.15. The predicted octanol–water partition coefficient (Wildman–Crippen LogP) is 1.40. The first kappa shape index (κ1) is 16.1. The van der Waals surface area contributed by atoms with Crippen LogP contribution in [0.5, 0.6) is 0 Å². The third-order valence-corrected chi connectivity index (χ3v) is 6.04. The van der Waals surface area contributed by atoms with Gasteiger partial charge in [-0.2, -0.15) is 0 Å². The Kier molecular flexibility index (Phi) is 4.97. The van der Waals surface area contributed by atoms with E-state index in [1.807, 2.05) is 11.8 Å². The fourth-order valence-electron chi connectivity index (χ4n) is 3.05. The van der Waals surface area contributed by atoms with Gasteiger partial charge in [0.15, 0.2) is 5.17 Å². The number of amides is 1. The van der Waals surface area contributed by atoms with Crippen LogP contribution >= 0.6 is 11.8 Å². The molecule has 0 aromatic rings. The fourth-order valence-corrected chi connectivity index (χ4v) is 4.11. The van der Waals surface area contributed by atoms with Crippen LogP contribution in [0.25, 0.3) is 0 Å². The monoisotopic (exact) mass is 324 g/mol. The second kappa shape index (κ2) is 6.79. The standard InChI is InChI=1S/C16H28N4OS/c1-16(2)12-18-15(22-16)20-8-6-19(7-9-20)11-14(21)17-10-13-4-3-5-13/h13H,3-12H2,1-2H3,(H,17,21). The van der Waals surface area contributed by atoms with Gasteiger partial charge in [-0.25, -0.2) is 0 Å². The van der Waals surface area contributed by atoms with E-state index < -0.39 is 0 Å². The second-order valence-corrected chi connectivity index (χ2v) is 9.00. The highest BCUT2D eigenvalue weighted by Gasteiger charge is 2.31. The van der Waals surface area contributed by atoms with Crippen LogP contribution < -0.4 is 5.32 Å². The largest absolute Gasteiger partial charge is 0.355 e. The highest BCUT2D eigenvalue weighted by atomic mass is 32.2. The zero-order valence-electron chi connectivity index (χ0n) is 13.8. The van der Waals surface area contributed by atoms with Crippen LogP contribution in [0.2, 0.25) is 0 Å². The van der Waals surface area contributed by atoms with Gasteiger partial charge in [0.2, 0.25) is 5.91 Å². The quantitative estimate of drug-likeness (QED) is 0.849. The van der Waals surface area contributed by atoms with Crippen molar-refractivity contribution in [3.8, 4) is 0 Å². The number of hydrogen-bond acceptors (Lipinski definition) is 5. The molecule has 0 radical (unpaired) electrons. The molecule has 1 N–H and O–H groups in total. The van der Waals surface area contributed by atoms with E-state index in [4.69, 9.17) is 0 Å². The smallest absolute Gasteiger partial charge is 0.234 e. The Labute approximate surface area is 137 Å². The molecule has 5 nitrogen and oxygen atoms in total. The summed E-state index contributed by atoms with van der Waals surface area (Å²) in [5.74, 6) is 0.926. The molecule has 1 saturated carbocycles. The summed E-state index contributed by atoms with van der Waals surface area (Å²) in [5, 5.41) is 4.28. The van der Waals surface area contributed by atoms with Gasteiger partial charge in [0.1, 0.15) is 0 Å². The number of thioether (sulfide) groups is 1. The number of amidine groups is 1. The molecule has 6 heteroatoms. The van der Waals surface area contributed by atoms with Crippen molar-refractivity contribution in [3.05, 3.63) is 0 Å². The molecule has 1 saturated heterocycles. The molecule has 0 spiro atoms. The third kappa shape index (κ3) is 4.16. The lowest BCUT2D eigenvalue weighted by molar-refractivity contribution is -0.122. The number of nitrogens with one attached hydrogen (secondary N) is 1. The third-order valence-electron chi connectivity index (χ3n) is 4.79. The first-order chi connectivity index (χ1) is 10.5. The summed E-state index contributed by atoms with van der Waals surface area (Å²) in [4.78, 5) is 21.3. The van der Waals surface area contributed by atoms with Crippen LogP contribution in [-0.4, -0.2) is 71.4 Å². The van der Waals surface area contributed by atoms with Gasteiger partial charge in [0.05, 0.1) is 13.1 Å². The Bertz CT molecular complexity index is 439. The van der Waals surface area contributed by atoms with Crippen molar-refractivity contribution in [3.63, 3.8) is 0 Å². The molecule has 1 aliphatic carbocycles. The molecule has 0 atom stereocenters. The summed E-state index contributed by atoms with van der Waals surface area (Å²) < 4.78 is 0.244. The molecule has 124 valence electrons. The molecule has 2 aliphatic heterocycles. The van der Waals surface area contributed by atoms with Gasteiger partial charge in [-0.05, 0) is 32.6 Å². The molecule has 2 heterocycles. The number of nitrogens with zero attached hydrogens (tertiary/aromatic N) is 3. The van der Waals surface area contributed by atoms with Gasteiger partial charge in [-0.1, -0.05) is 18.2 Å². The van der Waals surface area contributed by atoms with E-state index in [-0.39, 0.29) is 10.7 Å². The SMILES string of the molecule is CC1(C)CN=C(N2CCN(CC(=O)NCC3CCC3)CC2)S1. The Morgan fingerprint density at radius 2 is 2.05 bits per heavy atom. The lowest BCUT2D eigenvalue weighted by Gasteiger charge is -2.35. The predicted molar refractivity (Wildman–Crippen MR) is 92.3 cm³/mol. The van der Waals surface area contributed by atoms with Gasteiger partial charge in [-0.15, -0.1) is 0 Å². The Hall–Kier alpha value is -0.750. The number of carbonyl (C=O) groups excluding carboxylic acids is 1. The average molecular weight is 324 g/mol. The summed E-state index contributed by atoms with van der Waals surface area (Å²) in [7, 11) is 0. The summed E-state index contributed by atoms with van der Waals surface area (Å²) >= 11 is 1.89. The van der Waals surface area contributed by atoms with Crippen LogP contribution in [-0.2, 0) is 4.79 Å². The molecule has 0 bridgehead atoms. The van der Waals surface area contributed by atoms with Gasteiger partial charge in [0.25, 0.3) is 0 Å². The van der Waals surface area contributed by atoms with Gasteiger partial charge in [0, 0.05) is 37.5 Å². The van der Waals surface area contributed by atoms with Crippen molar-refractivity contribution in [2.45, 2.75) is 37.9 Å². The molecule has 0 unspecified atom stereocenters. The number of rotatable bonds is 4. The first-order valence-electron chi connectivity index (χ1n) is 8.49. The van der Waals surface area contributed by atoms with E-state index in [9.17, 15) is 4.79 Å². The first-order valence-corrected chi connectivity index (χ1v) is 9.31. The van der Waals surface area contributed by atoms with Crippen molar-refractivity contribution in [1.82, 2.24) is 15.1 Å². The maximum absolute atomic E-state index is 12.0. The zero-order chi connectivity index (χ0) is 15.6. The molecule has 1 amide bonds. The van der Waals surface area contributed by atoms with Crippen molar-refractivity contribution in [2.24, 2.45) is 10.9 Å². The number of carbonyl (C=O) groups is 1. The summed E-state index contributed by atoms with van der Waals surface area (Å²) in [6.07, 6.45) is 3.91. The Morgan fingerprint density at radius 1 is 1.32 bits per heavy atom. The van der Waals surface area contributed by atoms with Crippen molar-refractivity contribution >= 4 is 22.8 Å². The maximum atomic E-state index is 12.0. The average Bonchev–Trinajstić information content (AvgIpc) is 2.78. The van der Waals surface area contributed by atoms with Crippen molar-refractivity contribution in [1.29, 1.82) is 0 Å². The van der Waals surface area contributed by atoms with Crippen LogP contribution in [0, 0.1) is 5.92 Å². The normalized spacial score (nSPS) is 25.7. The van der Waals surface area contributed by atoms with E-state index in [1.165, 1.54) is 24.4 Å². The van der Waals surface area contributed by atoms with Gasteiger partial charge in [-0.3, -0.25) is 14.7 Å². The van der Waals surface area contributed by atoms with Crippen LogP contribution in [0.3, 0.4) is 0 Å². The molecule has 2 fully saturated rings. The number of hydrogen-bond donors (Lipinski definition) is 1. The number of aliphatic imine (C=N–C) groups is 1. The minimum atomic E-state index is 0.189. The van der Waals surface area contributed by atoms with E-state index in [2.05, 4.69) is 34.0 Å². The topological polar surface area (TPSA) is 47.9 Å². The van der Waals surface area contributed by atoms with E-state index in [0.717, 1.165) is 45.2 Å². The minimum Gasteiger partial charge on any atom is -0.355 e. The Balaban J connectivity index is 1.35.